The summed E-state index contributed by atoms with van der Waals surface area (Å²) in [6.45, 7) is 0.412. The van der Waals surface area contributed by atoms with E-state index >= 15 is 0 Å². The molecule has 3 nitrogen and oxygen atoms in total. The summed E-state index contributed by atoms with van der Waals surface area (Å²) in [5, 5.41) is 0. The first-order valence-corrected chi connectivity index (χ1v) is 7.74. The molecule has 140 valence electrons. The van der Waals surface area contributed by atoms with Crippen molar-refractivity contribution in [2.45, 2.75) is 37.7 Å². The Morgan fingerprint density at radius 1 is 1.08 bits per heavy atom. The molecular formula is C16H17F6NO2. The fourth-order valence-electron chi connectivity index (χ4n) is 2.60. The molecule has 1 aromatic carbocycles. The molecule has 1 aliphatic rings. The lowest BCUT2D eigenvalue weighted by atomic mass is 10.1. The van der Waals surface area contributed by atoms with E-state index < -0.39 is 42.1 Å². The summed E-state index contributed by atoms with van der Waals surface area (Å²) in [5.41, 5.74) is -1.69. The van der Waals surface area contributed by atoms with Crippen LogP contribution in [0.2, 0.25) is 0 Å². The summed E-state index contributed by atoms with van der Waals surface area (Å²) in [7, 11) is 0. The Kier molecular flexibility index (Phi) is 5.97. The zero-order valence-corrected chi connectivity index (χ0v) is 13.2. The Hall–Kier alpha value is -1.77. The highest BCUT2D eigenvalue weighted by Gasteiger charge is 2.44. The minimum Gasteiger partial charge on any atom is -0.448 e. The van der Waals surface area contributed by atoms with Crippen molar-refractivity contribution < 1.29 is 35.9 Å². The van der Waals surface area contributed by atoms with Crippen molar-refractivity contribution in [1.29, 1.82) is 0 Å². The molecule has 1 heterocycles. The van der Waals surface area contributed by atoms with Gasteiger partial charge in [0.1, 0.15) is 0 Å². The van der Waals surface area contributed by atoms with Gasteiger partial charge >= 0.3 is 18.3 Å². The number of hydrogen-bond acceptors (Lipinski definition) is 3. The molecule has 1 aromatic rings. The van der Waals surface area contributed by atoms with Gasteiger partial charge in [-0.1, -0.05) is 12.5 Å². The molecule has 2 rings (SSSR count). The van der Waals surface area contributed by atoms with Gasteiger partial charge in [0, 0.05) is 6.54 Å². The molecule has 0 amide bonds. The third-order valence-corrected chi connectivity index (χ3v) is 3.91. The maximum Gasteiger partial charge on any atom is 0.426 e. The van der Waals surface area contributed by atoms with E-state index in [9.17, 15) is 31.1 Å². The number of carbonyl (C=O) groups excluding carboxylic acids is 1. The predicted molar refractivity (Wildman–Crippen MR) is 77.0 cm³/mol. The van der Waals surface area contributed by atoms with E-state index in [2.05, 4.69) is 4.74 Å². The molecule has 9 heteroatoms. The molecule has 0 aliphatic carbocycles. The molecule has 0 radical (unpaired) electrons. The second-order valence-corrected chi connectivity index (χ2v) is 5.88. The van der Waals surface area contributed by atoms with Crippen LogP contribution in [0.1, 0.15) is 35.2 Å². The minimum atomic E-state index is -4.80. The van der Waals surface area contributed by atoms with Crippen molar-refractivity contribution in [1.82, 2.24) is 4.90 Å². The zero-order chi connectivity index (χ0) is 18.7. The van der Waals surface area contributed by atoms with Crippen molar-refractivity contribution in [2.75, 3.05) is 19.6 Å². The lowest BCUT2D eigenvalue weighted by Gasteiger charge is -2.31. The molecule has 1 fully saturated rings. The number of halogens is 6. The van der Waals surface area contributed by atoms with Crippen LogP contribution in [0.15, 0.2) is 24.3 Å². The summed E-state index contributed by atoms with van der Waals surface area (Å²) in [4.78, 5) is 13.5. The van der Waals surface area contributed by atoms with Crippen LogP contribution in [0, 0.1) is 0 Å². The smallest absolute Gasteiger partial charge is 0.426 e. The van der Waals surface area contributed by atoms with Gasteiger partial charge in [-0.2, -0.15) is 26.3 Å². The third kappa shape index (κ3) is 5.62. The Morgan fingerprint density at radius 2 is 1.72 bits per heavy atom. The number of likely N-dealkylation sites (tertiary alicyclic amines) is 1. The maximum absolute atomic E-state index is 13.1. The topological polar surface area (TPSA) is 29.5 Å². The summed E-state index contributed by atoms with van der Waals surface area (Å²) < 4.78 is 81.9. The number of ether oxygens (including phenoxy) is 1. The monoisotopic (exact) mass is 369 g/mol. The summed E-state index contributed by atoms with van der Waals surface area (Å²) in [6, 6.07) is 3.15. The van der Waals surface area contributed by atoms with E-state index in [0.717, 1.165) is 37.5 Å². The number of carbonyl (C=O) groups is 1. The largest absolute Gasteiger partial charge is 0.448 e. The van der Waals surface area contributed by atoms with Crippen molar-refractivity contribution in [3.05, 3.63) is 35.4 Å². The number of piperidine rings is 1. The lowest BCUT2D eigenvalue weighted by Crippen LogP contribution is -2.45. The Morgan fingerprint density at radius 3 is 2.28 bits per heavy atom. The zero-order valence-electron chi connectivity index (χ0n) is 13.2. The van der Waals surface area contributed by atoms with Gasteiger partial charge in [-0.3, -0.25) is 4.90 Å². The average molecular weight is 369 g/mol. The molecule has 0 saturated carbocycles. The van der Waals surface area contributed by atoms with E-state index in [1.165, 1.54) is 0 Å². The van der Waals surface area contributed by atoms with E-state index in [4.69, 9.17) is 0 Å². The Balaban J connectivity index is 2.11. The van der Waals surface area contributed by atoms with E-state index in [0.29, 0.717) is 19.2 Å². The molecule has 0 bridgehead atoms. The van der Waals surface area contributed by atoms with Crippen molar-refractivity contribution in [3.8, 4) is 0 Å². The van der Waals surface area contributed by atoms with Gasteiger partial charge in [0.2, 0.25) is 6.10 Å². The molecule has 0 spiro atoms. The highest BCUT2D eigenvalue weighted by Crippen LogP contribution is 2.30. The van der Waals surface area contributed by atoms with Crippen LogP contribution >= 0.6 is 0 Å². The molecule has 0 unspecified atom stereocenters. The van der Waals surface area contributed by atoms with Crippen LogP contribution in [-0.4, -0.2) is 42.8 Å². The second kappa shape index (κ2) is 7.63. The van der Waals surface area contributed by atoms with Crippen molar-refractivity contribution in [3.63, 3.8) is 0 Å². The SMILES string of the molecule is O=C(O[C@@H](CN1CCCCC1)C(F)(F)F)c1cccc(C(F)(F)F)c1. The molecule has 0 N–H and O–H groups in total. The van der Waals surface area contributed by atoms with Crippen molar-refractivity contribution >= 4 is 5.97 Å². The number of nitrogens with zero attached hydrogens (tertiary/aromatic N) is 1. The average Bonchev–Trinajstić information content (AvgIpc) is 2.53. The maximum atomic E-state index is 13.1. The molecule has 0 aromatic heterocycles. The first-order chi connectivity index (χ1) is 11.6. The number of esters is 1. The first-order valence-electron chi connectivity index (χ1n) is 7.74. The molecule has 25 heavy (non-hydrogen) atoms. The van der Waals surface area contributed by atoms with Crippen LogP contribution in [-0.2, 0) is 10.9 Å². The molecule has 1 atom stereocenters. The van der Waals surface area contributed by atoms with Crippen molar-refractivity contribution in [2.24, 2.45) is 0 Å². The quantitative estimate of drug-likeness (QED) is 0.586. The third-order valence-electron chi connectivity index (χ3n) is 3.91. The van der Waals surface area contributed by atoms with Gasteiger partial charge in [0.25, 0.3) is 0 Å². The van der Waals surface area contributed by atoms with E-state index in [-0.39, 0.29) is 0 Å². The first kappa shape index (κ1) is 19.6. The van der Waals surface area contributed by atoms with Crippen LogP contribution < -0.4 is 0 Å². The predicted octanol–water partition coefficient (Wildman–Crippen LogP) is 4.28. The fraction of sp³-hybridized carbons (Fsp3) is 0.562. The number of alkyl halides is 6. The highest BCUT2D eigenvalue weighted by molar-refractivity contribution is 5.89. The van der Waals surface area contributed by atoms with Gasteiger partial charge in [-0.25, -0.2) is 4.79 Å². The van der Waals surface area contributed by atoms with E-state index in [1.807, 2.05) is 0 Å². The van der Waals surface area contributed by atoms with Gasteiger partial charge in [0.15, 0.2) is 0 Å². The summed E-state index contributed by atoms with van der Waals surface area (Å²) >= 11 is 0. The molecule has 1 aliphatic heterocycles. The summed E-state index contributed by atoms with van der Waals surface area (Å²) in [6.07, 6.45) is -9.44. The normalized spacial score (nSPS) is 18.0. The fourth-order valence-corrected chi connectivity index (χ4v) is 2.60. The van der Waals surface area contributed by atoms with Crippen LogP contribution in [0.4, 0.5) is 26.3 Å². The standard InChI is InChI=1S/C16H17F6NO2/c17-15(18,19)12-6-4-5-11(9-12)14(24)25-13(16(20,21)22)10-23-7-2-1-3-8-23/h4-6,9,13H,1-3,7-8,10H2/t13-/m0/s1. The van der Waals surface area contributed by atoms with Crippen LogP contribution in [0.25, 0.3) is 0 Å². The lowest BCUT2D eigenvalue weighted by molar-refractivity contribution is -0.209. The van der Waals surface area contributed by atoms with Gasteiger partial charge in [0.05, 0.1) is 11.1 Å². The van der Waals surface area contributed by atoms with Gasteiger partial charge in [-0.05, 0) is 44.1 Å². The van der Waals surface area contributed by atoms with Gasteiger partial charge < -0.3 is 4.74 Å². The highest BCUT2D eigenvalue weighted by atomic mass is 19.4. The molecular weight excluding hydrogens is 352 g/mol. The number of benzene rings is 1. The Labute approximate surface area is 140 Å². The molecule has 1 saturated heterocycles. The number of rotatable bonds is 4. The summed E-state index contributed by atoms with van der Waals surface area (Å²) in [5.74, 6) is -1.43. The minimum absolute atomic E-state index is 0.466. The van der Waals surface area contributed by atoms with Gasteiger partial charge in [-0.15, -0.1) is 0 Å². The number of hydrogen-bond donors (Lipinski definition) is 0. The second-order valence-electron chi connectivity index (χ2n) is 5.88. The van der Waals surface area contributed by atoms with E-state index in [1.54, 1.807) is 4.90 Å². The van der Waals surface area contributed by atoms with Crippen LogP contribution in [0.3, 0.4) is 0 Å². The Bertz CT molecular complexity index is 593. The van der Waals surface area contributed by atoms with Crippen LogP contribution in [0.5, 0.6) is 0 Å².